The van der Waals surface area contributed by atoms with Crippen molar-refractivity contribution < 1.29 is 9.59 Å². The molecule has 0 spiro atoms. The van der Waals surface area contributed by atoms with E-state index in [2.05, 4.69) is 5.32 Å². The largest absolute Gasteiger partial charge is 0.366 e. The molecule has 0 aromatic heterocycles. The number of benzene rings is 3. The first-order chi connectivity index (χ1) is 11.1. The molecule has 3 N–H and O–H groups in total. The van der Waals surface area contributed by atoms with Crippen LogP contribution in [0, 0.1) is 0 Å². The van der Waals surface area contributed by atoms with E-state index in [9.17, 15) is 9.59 Å². The third-order valence-electron chi connectivity index (χ3n) is 3.63. The maximum Gasteiger partial charge on any atom is 0.248 e. The summed E-state index contributed by atoms with van der Waals surface area (Å²) in [7, 11) is 0. The zero-order valence-corrected chi connectivity index (χ0v) is 12.5. The fraction of sp³-hybridized carbons (Fsp3) is 0.0526. The van der Waals surface area contributed by atoms with Crippen LogP contribution in [0.2, 0.25) is 0 Å². The van der Waals surface area contributed by atoms with Crippen LogP contribution in [0.1, 0.15) is 15.9 Å². The van der Waals surface area contributed by atoms with Gasteiger partial charge in [-0.2, -0.15) is 0 Å². The van der Waals surface area contributed by atoms with Crippen molar-refractivity contribution >= 4 is 28.3 Å². The Kier molecular flexibility index (Phi) is 4.06. The van der Waals surface area contributed by atoms with Crippen molar-refractivity contribution in [3.8, 4) is 0 Å². The van der Waals surface area contributed by atoms with Crippen LogP contribution >= 0.6 is 0 Å². The zero-order valence-electron chi connectivity index (χ0n) is 12.5. The van der Waals surface area contributed by atoms with Gasteiger partial charge < -0.3 is 11.1 Å². The molecule has 0 unspecified atom stereocenters. The van der Waals surface area contributed by atoms with Crippen molar-refractivity contribution in [2.45, 2.75) is 6.42 Å². The van der Waals surface area contributed by atoms with Crippen LogP contribution in [0.4, 0.5) is 5.69 Å². The maximum absolute atomic E-state index is 12.1. The molecule has 3 aromatic carbocycles. The second-order valence-electron chi connectivity index (χ2n) is 5.35. The molecule has 0 aliphatic heterocycles. The molecule has 0 saturated heterocycles. The van der Waals surface area contributed by atoms with Crippen LogP contribution in [0.25, 0.3) is 10.8 Å². The highest BCUT2D eigenvalue weighted by atomic mass is 16.1. The molecule has 0 fully saturated rings. The highest BCUT2D eigenvalue weighted by molar-refractivity contribution is 5.95. The molecule has 0 aliphatic rings. The van der Waals surface area contributed by atoms with Gasteiger partial charge in [0.25, 0.3) is 0 Å². The fourth-order valence-corrected chi connectivity index (χ4v) is 2.46. The number of hydrogen-bond acceptors (Lipinski definition) is 2. The molecular weight excluding hydrogens is 288 g/mol. The first-order valence-corrected chi connectivity index (χ1v) is 7.29. The summed E-state index contributed by atoms with van der Waals surface area (Å²) in [4.78, 5) is 23.2. The van der Waals surface area contributed by atoms with Gasteiger partial charge in [-0.3, -0.25) is 9.59 Å². The van der Waals surface area contributed by atoms with Gasteiger partial charge in [-0.25, -0.2) is 0 Å². The number of nitrogens with one attached hydrogen (secondary N) is 1. The molecule has 23 heavy (non-hydrogen) atoms. The Balaban J connectivity index is 1.69. The van der Waals surface area contributed by atoms with E-state index >= 15 is 0 Å². The van der Waals surface area contributed by atoms with Gasteiger partial charge in [0.2, 0.25) is 11.8 Å². The van der Waals surface area contributed by atoms with Crippen LogP contribution in [-0.2, 0) is 11.2 Å². The number of fused-ring (bicyclic) bond motifs is 1. The normalized spacial score (nSPS) is 10.4. The predicted octanol–water partition coefficient (Wildman–Crippen LogP) is 3.12. The van der Waals surface area contributed by atoms with Gasteiger partial charge in [0.05, 0.1) is 6.42 Å². The van der Waals surface area contributed by atoms with Gasteiger partial charge in [0.15, 0.2) is 0 Å². The smallest absolute Gasteiger partial charge is 0.248 e. The van der Waals surface area contributed by atoms with Crippen molar-refractivity contribution in [2.75, 3.05) is 5.32 Å². The molecule has 0 radical (unpaired) electrons. The zero-order chi connectivity index (χ0) is 16.2. The number of nitrogens with two attached hydrogens (primary N) is 1. The average molecular weight is 304 g/mol. The molecule has 0 bridgehead atoms. The van der Waals surface area contributed by atoms with Crippen molar-refractivity contribution in [1.29, 1.82) is 0 Å². The third kappa shape index (κ3) is 3.55. The maximum atomic E-state index is 12.1. The Morgan fingerprint density at radius 3 is 2.26 bits per heavy atom. The van der Waals surface area contributed by atoms with E-state index in [0.717, 1.165) is 16.3 Å². The van der Waals surface area contributed by atoms with Crippen LogP contribution in [-0.4, -0.2) is 11.8 Å². The standard InChI is InChI=1S/C19H16N2O2/c20-19(23)15-7-9-17(10-8-15)21-18(22)12-13-5-6-14-3-1-2-4-16(14)11-13/h1-11H,12H2,(H2,20,23)(H,21,22). The van der Waals surface area contributed by atoms with E-state index in [1.54, 1.807) is 24.3 Å². The molecule has 0 aliphatic carbocycles. The van der Waals surface area contributed by atoms with Gasteiger partial charge in [-0.1, -0.05) is 42.5 Å². The number of primary amides is 1. The van der Waals surface area contributed by atoms with Crippen molar-refractivity contribution in [3.63, 3.8) is 0 Å². The first kappa shape index (κ1) is 14.8. The monoisotopic (exact) mass is 304 g/mol. The molecule has 114 valence electrons. The summed E-state index contributed by atoms with van der Waals surface area (Å²) in [6, 6.07) is 20.5. The number of anilines is 1. The molecule has 0 atom stereocenters. The van der Waals surface area contributed by atoms with Crippen LogP contribution in [0.5, 0.6) is 0 Å². The topological polar surface area (TPSA) is 72.2 Å². The van der Waals surface area contributed by atoms with Crippen LogP contribution < -0.4 is 11.1 Å². The van der Waals surface area contributed by atoms with E-state index in [-0.39, 0.29) is 5.91 Å². The summed E-state index contributed by atoms with van der Waals surface area (Å²) < 4.78 is 0. The second kappa shape index (κ2) is 6.32. The third-order valence-corrected chi connectivity index (χ3v) is 3.63. The van der Waals surface area contributed by atoms with Gasteiger partial charge >= 0.3 is 0 Å². The average Bonchev–Trinajstić information content (AvgIpc) is 2.55. The quantitative estimate of drug-likeness (QED) is 0.777. The number of amides is 2. The molecule has 3 aromatic rings. The minimum absolute atomic E-state index is 0.105. The first-order valence-electron chi connectivity index (χ1n) is 7.29. The summed E-state index contributed by atoms with van der Waals surface area (Å²) in [6.45, 7) is 0. The lowest BCUT2D eigenvalue weighted by atomic mass is 10.0. The lowest BCUT2D eigenvalue weighted by Crippen LogP contribution is -2.15. The van der Waals surface area contributed by atoms with Gasteiger partial charge in [-0.15, -0.1) is 0 Å². The molecular formula is C19H16N2O2. The number of rotatable bonds is 4. The minimum atomic E-state index is -0.487. The Morgan fingerprint density at radius 1 is 0.870 bits per heavy atom. The summed E-state index contributed by atoms with van der Waals surface area (Å²) >= 11 is 0. The number of hydrogen-bond donors (Lipinski definition) is 2. The van der Waals surface area contributed by atoms with Crippen molar-refractivity contribution in [1.82, 2.24) is 0 Å². The van der Waals surface area contributed by atoms with E-state index in [4.69, 9.17) is 5.73 Å². The lowest BCUT2D eigenvalue weighted by Gasteiger charge is -2.07. The van der Waals surface area contributed by atoms with Crippen molar-refractivity contribution in [3.05, 3.63) is 77.9 Å². The van der Waals surface area contributed by atoms with Gasteiger partial charge in [0.1, 0.15) is 0 Å². The number of carbonyl (C=O) groups excluding carboxylic acids is 2. The van der Waals surface area contributed by atoms with E-state index < -0.39 is 5.91 Å². The van der Waals surface area contributed by atoms with Crippen molar-refractivity contribution in [2.24, 2.45) is 5.73 Å². The molecule has 2 amide bonds. The molecule has 4 heteroatoms. The highest BCUT2D eigenvalue weighted by Gasteiger charge is 2.06. The van der Waals surface area contributed by atoms with E-state index in [0.29, 0.717) is 17.7 Å². The van der Waals surface area contributed by atoms with E-state index in [1.165, 1.54) is 0 Å². The number of carbonyl (C=O) groups is 2. The van der Waals surface area contributed by atoms with Gasteiger partial charge in [-0.05, 0) is 40.6 Å². The van der Waals surface area contributed by atoms with Crippen LogP contribution in [0.3, 0.4) is 0 Å². The summed E-state index contributed by atoms with van der Waals surface area (Å²) in [5.41, 5.74) is 7.19. The molecule has 3 rings (SSSR count). The van der Waals surface area contributed by atoms with Crippen LogP contribution in [0.15, 0.2) is 66.7 Å². The summed E-state index contributed by atoms with van der Waals surface area (Å²) in [5, 5.41) is 5.08. The summed E-state index contributed by atoms with van der Waals surface area (Å²) in [5.74, 6) is -0.592. The SMILES string of the molecule is NC(=O)c1ccc(NC(=O)Cc2ccc3ccccc3c2)cc1. The van der Waals surface area contributed by atoms with E-state index in [1.807, 2.05) is 42.5 Å². The highest BCUT2D eigenvalue weighted by Crippen LogP contribution is 2.16. The Bertz CT molecular complexity index is 870. The second-order valence-corrected chi connectivity index (χ2v) is 5.35. The minimum Gasteiger partial charge on any atom is -0.366 e. The molecule has 0 saturated carbocycles. The predicted molar refractivity (Wildman–Crippen MR) is 91.2 cm³/mol. The molecule has 0 heterocycles. The lowest BCUT2D eigenvalue weighted by molar-refractivity contribution is -0.115. The Labute approximate surface area is 133 Å². The molecule has 4 nitrogen and oxygen atoms in total. The summed E-state index contributed by atoms with van der Waals surface area (Å²) in [6.07, 6.45) is 0.294. The van der Waals surface area contributed by atoms with Gasteiger partial charge in [0, 0.05) is 11.3 Å². The fourth-order valence-electron chi connectivity index (χ4n) is 2.46. The Hall–Kier alpha value is -3.14. The Morgan fingerprint density at radius 2 is 1.57 bits per heavy atom.